The Morgan fingerprint density at radius 3 is 1.92 bits per heavy atom. The van der Waals surface area contributed by atoms with Crippen LogP contribution in [0.25, 0.3) is 0 Å². The molecule has 0 bridgehead atoms. The lowest BCUT2D eigenvalue weighted by Gasteiger charge is -2.31. The zero-order valence-corrected chi connectivity index (χ0v) is 15.9. The van der Waals surface area contributed by atoms with E-state index in [4.69, 9.17) is 14.2 Å². The van der Waals surface area contributed by atoms with E-state index in [1.807, 2.05) is 34.6 Å². The van der Waals surface area contributed by atoms with Crippen LogP contribution in [0.3, 0.4) is 0 Å². The molecule has 0 heterocycles. The molecule has 0 spiro atoms. The van der Waals surface area contributed by atoms with Gasteiger partial charge in [0.1, 0.15) is 23.0 Å². The van der Waals surface area contributed by atoms with Gasteiger partial charge in [-0.3, -0.25) is 9.59 Å². The largest absolute Gasteiger partial charge is 0.496 e. The fraction of sp³-hybridized carbons (Fsp3) is 0.579. The molecule has 24 heavy (non-hydrogen) atoms. The zero-order chi connectivity index (χ0) is 18.7. The van der Waals surface area contributed by atoms with Gasteiger partial charge in [0.05, 0.1) is 14.2 Å². The first-order valence-corrected chi connectivity index (χ1v) is 7.90. The smallest absolute Gasteiger partial charge is 0.308 e. The number of hydrogen-bond acceptors (Lipinski definition) is 5. The van der Waals surface area contributed by atoms with E-state index in [1.165, 1.54) is 21.1 Å². The second-order valence-electron chi connectivity index (χ2n) is 7.53. The number of methoxy groups -OCH3 is 2. The Balaban J connectivity index is 3.47. The third-order valence-electron chi connectivity index (χ3n) is 3.86. The van der Waals surface area contributed by atoms with Crippen molar-refractivity contribution in [2.24, 2.45) is 5.41 Å². The molecule has 5 nitrogen and oxygen atoms in total. The van der Waals surface area contributed by atoms with Gasteiger partial charge in [-0.05, 0) is 0 Å². The molecule has 0 aliphatic rings. The van der Waals surface area contributed by atoms with E-state index in [0.29, 0.717) is 29.2 Å². The molecule has 0 atom stereocenters. The van der Waals surface area contributed by atoms with E-state index in [1.54, 1.807) is 12.1 Å². The molecule has 5 heteroatoms. The van der Waals surface area contributed by atoms with Crippen molar-refractivity contribution in [1.29, 1.82) is 0 Å². The highest BCUT2D eigenvalue weighted by atomic mass is 16.5. The van der Waals surface area contributed by atoms with E-state index in [-0.39, 0.29) is 5.78 Å². The third-order valence-corrected chi connectivity index (χ3v) is 3.86. The molecule has 0 saturated carbocycles. The van der Waals surface area contributed by atoms with Crippen LogP contribution >= 0.6 is 0 Å². The quantitative estimate of drug-likeness (QED) is 0.582. The molecule has 0 N–H and O–H groups in total. The van der Waals surface area contributed by atoms with Gasteiger partial charge in [0.2, 0.25) is 0 Å². The fourth-order valence-corrected chi connectivity index (χ4v) is 2.50. The number of ether oxygens (including phenoxy) is 3. The van der Waals surface area contributed by atoms with E-state index in [9.17, 15) is 9.59 Å². The van der Waals surface area contributed by atoms with E-state index in [2.05, 4.69) is 0 Å². The summed E-state index contributed by atoms with van der Waals surface area (Å²) in [5, 5.41) is 0. The summed E-state index contributed by atoms with van der Waals surface area (Å²) in [6.45, 7) is 10.9. The first kappa shape index (κ1) is 20.0. The molecular formula is C19H28O5. The lowest BCUT2D eigenvalue weighted by Crippen LogP contribution is -2.30. The normalized spacial score (nSPS) is 11.8. The van der Waals surface area contributed by atoms with Crippen LogP contribution in [-0.2, 0) is 15.0 Å². The van der Waals surface area contributed by atoms with Crippen molar-refractivity contribution in [3.8, 4) is 17.2 Å². The van der Waals surface area contributed by atoms with Crippen molar-refractivity contribution < 1.29 is 23.8 Å². The summed E-state index contributed by atoms with van der Waals surface area (Å²) in [6.07, 6.45) is 0.299. The highest BCUT2D eigenvalue weighted by molar-refractivity contribution is 5.85. The number of carbonyl (C=O) groups is 2. The monoisotopic (exact) mass is 336 g/mol. The summed E-state index contributed by atoms with van der Waals surface area (Å²) in [7, 11) is 3.07. The molecule has 1 aromatic carbocycles. The maximum absolute atomic E-state index is 12.5. The number of esters is 1. The minimum atomic E-state index is -0.577. The SMILES string of the molecule is COc1cc(OC)c(C(C)(C)CC(=O)C(C)(C)C)c(OC(C)=O)c1. The predicted octanol–water partition coefficient (Wildman–Crippen LogP) is 3.91. The molecule has 0 radical (unpaired) electrons. The summed E-state index contributed by atoms with van der Waals surface area (Å²) < 4.78 is 16.1. The van der Waals surface area contributed by atoms with Crippen molar-refractivity contribution in [2.45, 2.75) is 53.4 Å². The second kappa shape index (κ2) is 7.24. The van der Waals surface area contributed by atoms with Crippen LogP contribution < -0.4 is 14.2 Å². The summed E-state index contributed by atoms with van der Waals surface area (Å²) in [4.78, 5) is 24.0. The topological polar surface area (TPSA) is 61.8 Å². The standard InChI is InChI=1S/C19H28O5/c1-12(20)24-15-10-13(22-7)9-14(23-8)17(15)19(5,6)11-16(21)18(2,3)4/h9-10H,11H2,1-8H3. The maximum atomic E-state index is 12.5. The van der Waals surface area contributed by atoms with Gasteiger partial charge in [-0.15, -0.1) is 0 Å². The maximum Gasteiger partial charge on any atom is 0.308 e. The van der Waals surface area contributed by atoms with E-state index in [0.717, 1.165) is 0 Å². The van der Waals surface area contributed by atoms with Gasteiger partial charge in [-0.2, -0.15) is 0 Å². The van der Waals surface area contributed by atoms with Crippen LogP contribution in [0.4, 0.5) is 0 Å². The van der Waals surface area contributed by atoms with Crippen LogP contribution in [0.5, 0.6) is 17.2 Å². The molecule has 1 aromatic rings. The summed E-state index contributed by atoms with van der Waals surface area (Å²) >= 11 is 0. The van der Waals surface area contributed by atoms with Crippen molar-refractivity contribution in [3.05, 3.63) is 17.7 Å². The van der Waals surface area contributed by atoms with Gasteiger partial charge in [0, 0.05) is 41.9 Å². The molecule has 1 rings (SSSR count). The van der Waals surface area contributed by atoms with Crippen LogP contribution in [0, 0.1) is 5.41 Å². The minimum Gasteiger partial charge on any atom is -0.496 e. The molecule has 0 fully saturated rings. The van der Waals surface area contributed by atoms with E-state index < -0.39 is 16.8 Å². The van der Waals surface area contributed by atoms with Gasteiger partial charge >= 0.3 is 5.97 Å². The molecular weight excluding hydrogens is 308 g/mol. The van der Waals surface area contributed by atoms with Gasteiger partial charge in [-0.25, -0.2) is 0 Å². The van der Waals surface area contributed by atoms with Crippen LogP contribution in [0.15, 0.2) is 12.1 Å². The molecule has 0 aromatic heterocycles. The molecule has 0 aliphatic heterocycles. The van der Waals surface area contributed by atoms with Gasteiger partial charge in [-0.1, -0.05) is 34.6 Å². The van der Waals surface area contributed by atoms with Crippen LogP contribution in [-0.4, -0.2) is 26.0 Å². The van der Waals surface area contributed by atoms with E-state index >= 15 is 0 Å². The van der Waals surface area contributed by atoms with Crippen LogP contribution in [0.2, 0.25) is 0 Å². The Morgan fingerprint density at radius 2 is 1.50 bits per heavy atom. The Morgan fingerprint density at radius 1 is 0.958 bits per heavy atom. The number of hydrogen-bond donors (Lipinski definition) is 0. The predicted molar refractivity (Wildman–Crippen MR) is 93.0 cm³/mol. The Bertz CT molecular complexity index is 623. The summed E-state index contributed by atoms with van der Waals surface area (Å²) in [5.41, 5.74) is -0.343. The molecule has 0 aliphatic carbocycles. The Hall–Kier alpha value is -2.04. The Labute approximate surface area is 144 Å². The van der Waals surface area contributed by atoms with Gasteiger partial charge < -0.3 is 14.2 Å². The lowest BCUT2D eigenvalue weighted by molar-refractivity contribution is -0.132. The number of carbonyl (C=O) groups excluding carboxylic acids is 2. The Kier molecular flexibility index (Phi) is 6.04. The highest BCUT2D eigenvalue weighted by Crippen LogP contribution is 2.44. The molecule has 0 saturated heterocycles. The van der Waals surface area contributed by atoms with Crippen molar-refractivity contribution in [2.75, 3.05) is 14.2 Å². The average molecular weight is 336 g/mol. The molecule has 134 valence electrons. The van der Waals surface area contributed by atoms with Crippen LogP contribution in [0.1, 0.15) is 53.5 Å². The summed E-state index contributed by atoms with van der Waals surface area (Å²) in [5.74, 6) is 1.08. The second-order valence-corrected chi connectivity index (χ2v) is 7.53. The average Bonchev–Trinajstić information content (AvgIpc) is 2.43. The number of ketones is 1. The first-order chi connectivity index (χ1) is 10.9. The third kappa shape index (κ3) is 4.73. The molecule has 0 amide bonds. The zero-order valence-electron chi connectivity index (χ0n) is 15.9. The van der Waals surface area contributed by atoms with Gasteiger partial charge in [0.25, 0.3) is 0 Å². The minimum absolute atomic E-state index is 0.124. The van der Waals surface area contributed by atoms with Gasteiger partial charge in [0.15, 0.2) is 0 Å². The lowest BCUT2D eigenvalue weighted by atomic mass is 9.74. The fourth-order valence-electron chi connectivity index (χ4n) is 2.50. The summed E-state index contributed by atoms with van der Waals surface area (Å²) in [6, 6.07) is 3.37. The number of Topliss-reactive ketones (excluding diaryl/α,β-unsaturated/α-hetero) is 1. The first-order valence-electron chi connectivity index (χ1n) is 7.90. The number of rotatable bonds is 6. The number of benzene rings is 1. The highest BCUT2D eigenvalue weighted by Gasteiger charge is 2.35. The molecule has 0 unspecified atom stereocenters. The van der Waals surface area contributed by atoms with Crippen molar-refractivity contribution >= 4 is 11.8 Å². The van der Waals surface area contributed by atoms with Crippen molar-refractivity contribution in [1.82, 2.24) is 0 Å². The van der Waals surface area contributed by atoms with Crippen molar-refractivity contribution in [3.63, 3.8) is 0 Å².